The third kappa shape index (κ3) is 2.21. The summed E-state index contributed by atoms with van der Waals surface area (Å²) in [6, 6.07) is 1.56. The summed E-state index contributed by atoms with van der Waals surface area (Å²) in [7, 11) is 0. The molecule has 6 nitrogen and oxygen atoms in total. The Hall–Kier alpha value is -0.881. The van der Waals surface area contributed by atoms with Gasteiger partial charge in [-0.15, -0.1) is 0 Å². The van der Waals surface area contributed by atoms with Crippen molar-refractivity contribution in [3.8, 4) is 0 Å². The van der Waals surface area contributed by atoms with Crippen LogP contribution >= 0.6 is 0 Å². The molecule has 2 rings (SSSR count). The van der Waals surface area contributed by atoms with E-state index in [0.717, 1.165) is 5.32 Å². The van der Waals surface area contributed by atoms with Crippen LogP contribution in [0.2, 0.25) is 5.32 Å². The average molecular weight is 276 g/mol. The maximum absolute atomic E-state index is 11.5. The Kier molecular flexibility index (Phi) is 3.06. The summed E-state index contributed by atoms with van der Waals surface area (Å²) in [6.07, 6.45) is 1.27. The molecule has 0 amide bonds. The molecule has 0 bridgehead atoms. The number of anilines is 1. The van der Waals surface area contributed by atoms with Crippen LogP contribution in [0.4, 0.5) is 5.82 Å². The van der Waals surface area contributed by atoms with E-state index in [1.165, 1.54) is 4.57 Å². The van der Waals surface area contributed by atoms with Gasteiger partial charge in [0.1, 0.15) is 0 Å². The Bertz CT molecular complexity index is 408. The van der Waals surface area contributed by atoms with Crippen molar-refractivity contribution in [1.82, 2.24) is 9.55 Å². The van der Waals surface area contributed by atoms with Gasteiger partial charge in [0.25, 0.3) is 0 Å². The van der Waals surface area contributed by atoms with Crippen molar-refractivity contribution >= 4 is 20.8 Å². The van der Waals surface area contributed by atoms with Crippen molar-refractivity contribution < 1.29 is 9.84 Å². The summed E-state index contributed by atoms with van der Waals surface area (Å²) >= 11 is 0.209. The summed E-state index contributed by atoms with van der Waals surface area (Å²) < 4.78 is 6.89. The minimum atomic E-state index is -0.408. The summed E-state index contributed by atoms with van der Waals surface area (Å²) in [5.41, 5.74) is 4.97. The number of aliphatic hydroxyl groups is 1. The summed E-state index contributed by atoms with van der Waals surface area (Å²) in [4.78, 5) is 15.1. The van der Waals surface area contributed by atoms with E-state index in [4.69, 9.17) is 15.6 Å². The topological polar surface area (TPSA) is 90.4 Å². The van der Waals surface area contributed by atoms with Gasteiger partial charge in [0.15, 0.2) is 0 Å². The number of nitrogens with two attached hydrogens (primary N) is 1. The van der Waals surface area contributed by atoms with Crippen LogP contribution in [0.15, 0.2) is 17.1 Å². The number of nitrogen functional groups attached to an aromatic ring is 1. The van der Waals surface area contributed by atoms with Crippen LogP contribution in [0.25, 0.3) is 0 Å². The molecule has 1 fully saturated rings. The fourth-order valence-electron chi connectivity index (χ4n) is 1.33. The van der Waals surface area contributed by atoms with Crippen LogP contribution < -0.4 is 11.4 Å². The van der Waals surface area contributed by atoms with E-state index >= 15 is 0 Å². The molecule has 1 aromatic rings. The number of aromatic nitrogens is 2. The molecular formula is C8H11N3O3Se. The van der Waals surface area contributed by atoms with E-state index in [0.29, 0.717) is 0 Å². The standard InChI is InChI=1S/C8H11N3O3Se/c9-5-1-2-11(8(13)10-5)6-4-15-7(3-12)14-6/h1-2,6-7,12H,3-4H2,(H2,9,10,13)/t6-,7-/m0/s1. The van der Waals surface area contributed by atoms with Crippen molar-refractivity contribution in [2.45, 2.75) is 16.5 Å². The molecule has 0 aliphatic carbocycles. The monoisotopic (exact) mass is 277 g/mol. The average Bonchev–Trinajstić information content (AvgIpc) is 2.66. The van der Waals surface area contributed by atoms with Crippen LogP contribution in [-0.4, -0.2) is 41.2 Å². The second kappa shape index (κ2) is 4.32. The van der Waals surface area contributed by atoms with Gasteiger partial charge in [-0.1, -0.05) is 0 Å². The van der Waals surface area contributed by atoms with Crippen molar-refractivity contribution in [3.05, 3.63) is 22.7 Å². The molecule has 0 saturated carbocycles. The van der Waals surface area contributed by atoms with Crippen molar-refractivity contribution in [2.75, 3.05) is 12.3 Å². The third-order valence-corrected chi connectivity index (χ3v) is 4.37. The fraction of sp³-hybridized carbons (Fsp3) is 0.500. The van der Waals surface area contributed by atoms with Crippen LogP contribution in [0, 0.1) is 0 Å². The fourth-order valence-corrected chi connectivity index (χ4v) is 3.28. The van der Waals surface area contributed by atoms with Gasteiger partial charge in [0.2, 0.25) is 0 Å². The van der Waals surface area contributed by atoms with Crippen LogP contribution in [0.1, 0.15) is 6.23 Å². The van der Waals surface area contributed by atoms with Crippen LogP contribution in [-0.2, 0) is 4.74 Å². The van der Waals surface area contributed by atoms with Crippen LogP contribution in [0.3, 0.4) is 0 Å². The van der Waals surface area contributed by atoms with Crippen molar-refractivity contribution in [1.29, 1.82) is 0 Å². The molecule has 1 aliphatic heterocycles. The molecule has 15 heavy (non-hydrogen) atoms. The van der Waals surface area contributed by atoms with Gasteiger partial charge in [-0.3, -0.25) is 0 Å². The number of aliphatic hydroxyl groups excluding tert-OH is 1. The molecule has 3 N–H and O–H groups in total. The number of hydrogen-bond donors (Lipinski definition) is 2. The quantitative estimate of drug-likeness (QED) is 0.662. The molecule has 0 aromatic carbocycles. The molecule has 1 saturated heterocycles. The first-order chi connectivity index (χ1) is 7.20. The van der Waals surface area contributed by atoms with Gasteiger partial charge >= 0.3 is 91.8 Å². The zero-order valence-electron chi connectivity index (χ0n) is 7.87. The molecule has 2 atom stereocenters. The van der Waals surface area contributed by atoms with E-state index in [1.807, 2.05) is 0 Å². The van der Waals surface area contributed by atoms with E-state index in [-0.39, 0.29) is 38.6 Å². The first kappa shape index (κ1) is 10.6. The zero-order chi connectivity index (χ0) is 10.8. The second-order valence-corrected chi connectivity index (χ2v) is 5.58. The molecule has 0 spiro atoms. The Morgan fingerprint density at radius 3 is 3.20 bits per heavy atom. The van der Waals surface area contributed by atoms with E-state index in [2.05, 4.69) is 4.98 Å². The van der Waals surface area contributed by atoms with Gasteiger partial charge in [0, 0.05) is 0 Å². The molecule has 82 valence electrons. The van der Waals surface area contributed by atoms with E-state index in [1.54, 1.807) is 12.3 Å². The van der Waals surface area contributed by atoms with E-state index in [9.17, 15) is 4.79 Å². The molecule has 0 unspecified atom stereocenters. The van der Waals surface area contributed by atoms with Gasteiger partial charge in [-0.25, -0.2) is 0 Å². The van der Waals surface area contributed by atoms with Gasteiger partial charge < -0.3 is 0 Å². The van der Waals surface area contributed by atoms with Crippen molar-refractivity contribution in [3.63, 3.8) is 0 Å². The SMILES string of the molecule is Nc1ccn([C@@H]2C[Se][C@@H](CO)O2)c(=O)n1. The maximum atomic E-state index is 11.5. The molecule has 0 radical (unpaired) electrons. The number of rotatable bonds is 2. The van der Waals surface area contributed by atoms with E-state index < -0.39 is 5.69 Å². The van der Waals surface area contributed by atoms with Gasteiger partial charge in [0.05, 0.1) is 0 Å². The van der Waals surface area contributed by atoms with Crippen LogP contribution in [0.5, 0.6) is 0 Å². The molecule has 7 heteroatoms. The summed E-state index contributed by atoms with van der Waals surface area (Å²) in [5, 5.41) is 9.56. The second-order valence-electron chi connectivity index (χ2n) is 3.08. The first-order valence-corrected chi connectivity index (χ1v) is 6.63. The third-order valence-electron chi connectivity index (χ3n) is 2.04. The Balaban J connectivity index is 2.20. The number of hydrogen-bond acceptors (Lipinski definition) is 5. The zero-order valence-corrected chi connectivity index (χ0v) is 9.58. The van der Waals surface area contributed by atoms with Crippen molar-refractivity contribution in [2.24, 2.45) is 0 Å². The minimum absolute atomic E-state index is 0.00759. The predicted octanol–water partition coefficient (Wildman–Crippen LogP) is -1.20. The Labute approximate surface area is 92.2 Å². The summed E-state index contributed by atoms with van der Waals surface area (Å²) in [5.74, 6) is 0.207. The molecule has 1 aliphatic rings. The molecule has 1 aromatic heterocycles. The Morgan fingerprint density at radius 2 is 2.60 bits per heavy atom. The molecule has 2 heterocycles. The normalized spacial score (nSPS) is 25.7. The number of nitrogens with zero attached hydrogens (tertiary/aromatic N) is 2. The predicted molar refractivity (Wildman–Crippen MR) is 54.5 cm³/mol. The van der Waals surface area contributed by atoms with Gasteiger partial charge in [-0.2, -0.15) is 0 Å². The first-order valence-electron chi connectivity index (χ1n) is 4.43. The summed E-state index contributed by atoms with van der Waals surface area (Å²) in [6.45, 7) is 0.00759. The van der Waals surface area contributed by atoms with Gasteiger partial charge in [-0.05, 0) is 0 Å². The Morgan fingerprint density at radius 1 is 1.80 bits per heavy atom. The number of ether oxygens (including phenoxy) is 1. The molecular weight excluding hydrogens is 265 g/mol.